The van der Waals surface area contributed by atoms with E-state index in [9.17, 15) is 9.59 Å². The molecule has 0 saturated carbocycles. The molecule has 3 aromatic carbocycles. The SMILES string of the molecule is NC(=O)c1ccccc1C(c1ccccc1)c1ccccc1C(N)=O. The van der Waals surface area contributed by atoms with Gasteiger partial charge in [0.25, 0.3) is 0 Å². The lowest BCUT2D eigenvalue weighted by Gasteiger charge is -2.22. The second-order valence-electron chi connectivity index (χ2n) is 5.75. The molecular formula is C21H18N2O2. The first-order valence-electron chi connectivity index (χ1n) is 7.92. The van der Waals surface area contributed by atoms with Gasteiger partial charge in [-0.2, -0.15) is 0 Å². The van der Waals surface area contributed by atoms with Crippen LogP contribution in [-0.2, 0) is 0 Å². The summed E-state index contributed by atoms with van der Waals surface area (Å²) in [6.45, 7) is 0. The van der Waals surface area contributed by atoms with Crippen LogP contribution in [0.3, 0.4) is 0 Å². The molecule has 0 fully saturated rings. The van der Waals surface area contributed by atoms with E-state index in [0.29, 0.717) is 11.1 Å². The third-order valence-electron chi connectivity index (χ3n) is 4.21. The van der Waals surface area contributed by atoms with Crippen LogP contribution in [0.15, 0.2) is 78.9 Å². The first-order chi connectivity index (χ1) is 12.1. The summed E-state index contributed by atoms with van der Waals surface area (Å²) < 4.78 is 0. The molecule has 0 aliphatic carbocycles. The number of hydrogen-bond acceptors (Lipinski definition) is 2. The third kappa shape index (κ3) is 3.28. The normalized spacial score (nSPS) is 10.6. The van der Waals surface area contributed by atoms with Crippen molar-refractivity contribution >= 4 is 11.8 Å². The van der Waals surface area contributed by atoms with Crippen molar-refractivity contribution in [3.8, 4) is 0 Å². The minimum atomic E-state index is -0.506. The molecule has 124 valence electrons. The number of carbonyl (C=O) groups is 2. The minimum Gasteiger partial charge on any atom is -0.366 e. The van der Waals surface area contributed by atoms with Gasteiger partial charge in [0.05, 0.1) is 0 Å². The molecule has 2 amide bonds. The van der Waals surface area contributed by atoms with E-state index in [1.807, 2.05) is 54.6 Å². The van der Waals surface area contributed by atoms with Gasteiger partial charge < -0.3 is 11.5 Å². The molecule has 0 atom stereocenters. The van der Waals surface area contributed by atoms with E-state index < -0.39 is 11.8 Å². The van der Waals surface area contributed by atoms with E-state index in [0.717, 1.165) is 16.7 Å². The lowest BCUT2D eigenvalue weighted by atomic mass is 9.80. The van der Waals surface area contributed by atoms with Crippen LogP contribution in [0.1, 0.15) is 43.3 Å². The summed E-state index contributed by atoms with van der Waals surface area (Å²) in [6.07, 6.45) is 0. The van der Waals surface area contributed by atoms with Gasteiger partial charge in [-0.05, 0) is 28.8 Å². The van der Waals surface area contributed by atoms with E-state index in [1.54, 1.807) is 24.3 Å². The van der Waals surface area contributed by atoms with Gasteiger partial charge in [0.15, 0.2) is 0 Å². The van der Waals surface area contributed by atoms with E-state index >= 15 is 0 Å². The summed E-state index contributed by atoms with van der Waals surface area (Å²) in [5.74, 6) is -1.34. The molecule has 0 radical (unpaired) electrons. The van der Waals surface area contributed by atoms with E-state index in [1.165, 1.54) is 0 Å². The van der Waals surface area contributed by atoms with Crippen LogP contribution < -0.4 is 11.5 Å². The second-order valence-corrected chi connectivity index (χ2v) is 5.75. The summed E-state index contributed by atoms with van der Waals surface area (Å²) in [5, 5.41) is 0. The highest BCUT2D eigenvalue weighted by molar-refractivity contribution is 5.97. The first kappa shape index (κ1) is 16.5. The summed E-state index contributed by atoms with van der Waals surface area (Å²) >= 11 is 0. The minimum absolute atomic E-state index is 0.325. The molecule has 3 aromatic rings. The standard InChI is InChI=1S/C21H18N2O2/c22-20(24)17-12-6-4-10-15(17)19(14-8-2-1-3-9-14)16-11-5-7-13-18(16)21(23)25/h1-13,19H,(H2,22,24)(H2,23,25). The molecule has 3 rings (SSSR count). The molecule has 0 saturated heterocycles. The van der Waals surface area contributed by atoms with E-state index in [4.69, 9.17) is 11.5 Å². The number of hydrogen-bond donors (Lipinski definition) is 2. The maximum absolute atomic E-state index is 11.9. The van der Waals surface area contributed by atoms with Crippen molar-refractivity contribution in [3.05, 3.63) is 107 Å². The van der Waals surface area contributed by atoms with Crippen LogP contribution in [0.2, 0.25) is 0 Å². The second kappa shape index (κ2) is 7.01. The zero-order chi connectivity index (χ0) is 17.8. The Labute approximate surface area is 146 Å². The molecule has 0 heterocycles. The van der Waals surface area contributed by atoms with Gasteiger partial charge in [0.2, 0.25) is 11.8 Å². The van der Waals surface area contributed by atoms with Crippen LogP contribution >= 0.6 is 0 Å². The van der Waals surface area contributed by atoms with Crippen molar-refractivity contribution in [1.29, 1.82) is 0 Å². The molecule has 4 heteroatoms. The van der Waals surface area contributed by atoms with Crippen LogP contribution in [0.4, 0.5) is 0 Å². The molecule has 0 spiro atoms. The fourth-order valence-electron chi connectivity index (χ4n) is 3.12. The van der Waals surface area contributed by atoms with Crippen molar-refractivity contribution in [2.75, 3.05) is 0 Å². The van der Waals surface area contributed by atoms with Gasteiger partial charge >= 0.3 is 0 Å². The Hall–Kier alpha value is -3.40. The van der Waals surface area contributed by atoms with Crippen LogP contribution in [0.25, 0.3) is 0 Å². The Morgan fingerprint density at radius 1 is 0.600 bits per heavy atom. The van der Waals surface area contributed by atoms with E-state index in [2.05, 4.69) is 0 Å². The zero-order valence-electron chi connectivity index (χ0n) is 13.6. The average Bonchev–Trinajstić information content (AvgIpc) is 2.63. The van der Waals surface area contributed by atoms with Gasteiger partial charge in [0, 0.05) is 17.0 Å². The van der Waals surface area contributed by atoms with Gasteiger partial charge in [-0.25, -0.2) is 0 Å². The molecule has 4 N–H and O–H groups in total. The lowest BCUT2D eigenvalue weighted by Crippen LogP contribution is -2.20. The number of primary amides is 2. The number of carbonyl (C=O) groups excluding carboxylic acids is 2. The summed E-state index contributed by atoms with van der Waals surface area (Å²) in [5.41, 5.74) is 14.4. The summed E-state index contributed by atoms with van der Waals surface area (Å²) in [7, 11) is 0. The molecule has 0 aromatic heterocycles. The van der Waals surface area contributed by atoms with Crippen LogP contribution in [0, 0.1) is 0 Å². The quantitative estimate of drug-likeness (QED) is 0.704. The van der Waals surface area contributed by atoms with Crippen molar-refractivity contribution < 1.29 is 9.59 Å². The molecule has 0 unspecified atom stereocenters. The van der Waals surface area contributed by atoms with Gasteiger partial charge in [-0.1, -0.05) is 66.7 Å². The Bertz CT molecular complexity index is 862. The third-order valence-corrected chi connectivity index (χ3v) is 4.21. The predicted molar refractivity (Wildman–Crippen MR) is 97.3 cm³/mol. The molecule has 25 heavy (non-hydrogen) atoms. The summed E-state index contributed by atoms with van der Waals surface area (Å²) in [6, 6.07) is 24.0. The van der Waals surface area contributed by atoms with Crippen LogP contribution in [0.5, 0.6) is 0 Å². The van der Waals surface area contributed by atoms with E-state index in [-0.39, 0.29) is 5.92 Å². The Morgan fingerprint density at radius 3 is 1.44 bits per heavy atom. The Morgan fingerprint density at radius 2 is 1.00 bits per heavy atom. The lowest BCUT2D eigenvalue weighted by molar-refractivity contribution is 0.0992. The predicted octanol–water partition coefficient (Wildman–Crippen LogP) is 3.06. The van der Waals surface area contributed by atoms with Crippen molar-refractivity contribution in [2.45, 2.75) is 5.92 Å². The first-order valence-corrected chi connectivity index (χ1v) is 7.92. The number of nitrogens with two attached hydrogens (primary N) is 2. The highest BCUT2D eigenvalue weighted by Crippen LogP contribution is 2.35. The highest BCUT2D eigenvalue weighted by atomic mass is 16.1. The van der Waals surface area contributed by atoms with Gasteiger partial charge in [0.1, 0.15) is 0 Å². The fourth-order valence-corrected chi connectivity index (χ4v) is 3.12. The van der Waals surface area contributed by atoms with Gasteiger partial charge in [-0.3, -0.25) is 9.59 Å². The van der Waals surface area contributed by atoms with Gasteiger partial charge in [-0.15, -0.1) is 0 Å². The molecule has 0 aliphatic heterocycles. The number of amides is 2. The molecule has 4 nitrogen and oxygen atoms in total. The smallest absolute Gasteiger partial charge is 0.249 e. The largest absolute Gasteiger partial charge is 0.366 e. The number of benzene rings is 3. The maximum Gasteiger partial charge on any atom is 0.249 e. The average molecular weight is 330 g/mol. The molecule has 0 aliphatic rings. The summed E-state index contributed by atoms with van der Waals surface area (Å²) in [4.78, 5) is 23.9. The topological polar surface area (TPSA) is 86.2 Å². The van der Waals surface area contributed by atoms with Crippen molar-refractivity contribution in [2.24, 2.45) is 11.5 Å². The van der Waals surface area contributed by atoms with Crippen molar-refractivity contribution in [1.82, 2.24) is 0 Å². The number of rotatable bonds is 5. The zero-order valence-corrected chi connectivity index (χ0v) is 13.6. The fraction of sp³-hybridized carbons (Fsp3) is 0.0476. The van der Waals surface area contributed by atoms with Crippen LogP contribution in [-0.4, -0.2) is 11.8 Å². The Kier molecular flexibility index (Phi) is 4.61. The van der Waals surface area contributed by atoms with Crippen molar-refractivity contribution in [3.63, 3.8) is 0 Å². The molecule has 0 bridgehead atoms. The molecular weight excluding hydrogens is 312 g/mol. The Balaban J connectivity index is 2.30. The highest BCUT2D eigenvalue weighted by Gasteiger charge is 2.24. The maximum atomic E-state index is 11.9. The monoisotopic (exact) mass is 330 g/mol.